The van der Waals surface area contributed by atoms with Crippen LogP contribution < -0.4 is 5.32 Å². The maximum absolute atomic E-state index is 13.8. The van der Waals surface area contributed by atoms with Gasteiger partial charge < -0.3 is 15.5 Å². The minimum Gasteiger partial charge on any atom is -0.393 e. The number of hydrogen-bond donors (Lipinski definition) is 3. The van der Waals surface area contributed by atoms with E-state index in [0.717, 1.165) is 42.4 Å². The van der Waals surface area contributed by atoms with Crippen LogP contribution in [0.5, 0.6) is 0 Å². The van der Waals surface area contributed by atoms with E-state index in [4.69, 9.17) is 0 Å². The van der Waals surface area contributed by atoms with Gasteiger partial charge in [0.15, 0.2) is 0 Å². The molecule has 2 aliphatic carbocycles. The zero-order valence-corrected chi connectivity index (χ0v) is 24.3. The van der Waals surface area contributed by atoms with E-state index in [9.17, 15) is 19.8 Å². The summed E-state index contributed by atoms with van der Waals surface area (Å²) in [7, 11) is 0. The van der Waals surface area contributed by atoms with Crippen molar-refractivity contribution in [3.8, 4) is 0 Å². The summed E-state index contributed by atoms with van der Waals surface area (Å²) in [5.74, 6) is 0.0586. The zero-order chi connectivity index (χ0) is 28.3. The van der Waals surface area contributed by atoms with E-state index in [1.165, 1.54) is 32.1 Å². The fraction of sp³-hybridized carbons (Fsp3) is 0.600. The van der Waals surface area contributed by atoms with Gasteiger partial charge in [0.1, 0.15) is 5.78 Å². The Morgan fingerprint density at radius 3 is 2.45 bits per heavy atom. The van der Waals surface area contributed by atoms with Crippen molar-refractivity contribution in [2.24, 2.45) is 17.8 Å². The number of aliphatic hydroxyl groups excluding tert-OH is 2. The van der Waals surface area contributed by atoms with Crippen LogP contribution in [0.4, 0.5) is 0 Å². The molecule has 5 atom stereocenters. The SMILES string of the molecule is CCCCCC(=O)CC(CC1CCCCC1)C(O)CC(Cc1ccccc1)C(=O)N[C@H]1c2ccccc2C[C@@H]1O. The lowest BCUT2D eigenvalue weighted by Gasteiger charge is -2.31. The van der Waals surface area contributed by atoms with Gasteiger partial charge in [0.05, 0.1) is 18.2 Å². The molecule has 0 radical (unpaired) electrons. The van der Waals surface area contributed by atoms with Crippen LogP contribution in [0.25, 0.3) is 0 Å². The fourth-order valence-electron chi connectivity index (χ4n) is 6.88. The van der Waals surface area contributed by atoms with Crippen LogP contribution in [0.15, 0.2) is 54.6 Å². The topological polar surface area (TPSA) is 86.6 Å². The van der Waals surface area contributed by atoms with Crippen molar-refractivity contribution < 1.29 is 19.8 Å². The van der Waals surface area contributed by atoms with Gasteiger partial charge in [0.25, 0.3) is 0 Å². The molecule has 0 bridgehead atoms. The number of hydrogen-bond acceptors (Lipinski definition) is 4. The minimum absolute atomic E-state index is 0.124. The Balaban J connectivity index is 1.49. The summed E-state index contributed by atoms with van der Waals surface area (Å²) in [6.07, 6.45) is 10.9. The summed E-state index contributed by atoms with van der Waals surface area (Å²) >= 11 is 0. The van der Waals surface area contributed by atoms with Crippen LogP contribution in [0, 0.1) is 17.8 Å². The summed E-state index contributed by atoms with van der Waals surface area (Å²) < 4.78 is 0. The monoisotopic (exact) mass is 547 g/mol. The third-order valence-electron chi connectivity index (χ3n) is 9.18. The zero-order valence-electron chi connectivity index (χ0n) is 24.3. The highest BCUT2D eigenvalue weighted by Crippen LogP contribution is 2.35. The van der Waals surface area contributed by atoms with Gasteiger partial charge in [-0.05, 0) is 54.2 Å². The van der Waals surface area contributed by atoms with Crippen molar-refractivity contribution in [1.82, 2.24) is 5.32 Å². The molecular formula is C35H49NO4. The maximum Gasteiger partial charge on any atom is 0.224 e. The molecule has 0 saturated heterocycles. The number of carbonyl (C=O) groups excluding carboxylic acids is 2. The van der Waals surface area contributed by atoms with Crippen molar-refractivity contribution in [3.05, 3.63) is 71.3 Å². The van der Waals surface area contributed by atoms with E-state index in [1.54, 1.807) is 0 Å². The minimum atomic E-state index is -0.725. The van der Waals surface area contributed by atoms with Crippen molar-refractivity contribution in [3.63, 3.8) is 0 Å². The highest BCUT2D eigenvalue weighted by atomic mass is 16.3. The van der Waals surface area contributed by atoms with Crippen LogP contribution in [-0.2, 0) is 22.4 Å². The second-order valence-electron chi connectivity index (χ2n) is 12.3. The molecule has 4 rings (SSSR count). The Labute approximate surface area is 240 Å². The van der Waals surface area contributed by atoms with Crippen LogP contribution in [0.2, 0.25) is 0 Å². The third kappa shape index (κ3) is 8.75. The molecule has 1 fully saturated rings. The summed E-state index contributed by atoms with van der Waals surface area (Å²) in [6, 6.07) is 17.4. The van der Waals surface area contributed by atoms with Crippen LogP contribution in [-0.4, -0.2) is 34.1 Å². The smallest absolute Gasteiger partial charge is 0.224 e. The molecular weight excluding hydrogens is 498 g/mol. The standard InChI is InChI=1S/C35H49NO4/c1-2-3-6-18-30(37)22-28(20-25-13-7-4-8-14-25)32(38)24-29(21-26-15-9-5-10-16-26)35(40)36-34-31-19-12-11-17-27(31)23-33(34)39/h5,9-12,15-17,19,25,28-29,32-34,38-39H,2-4,6-8,13-14,18,20-24H2,1H3,(H,36,40)/t28?,29?,32?,33-,34-/m0/s1. The van der Waals surface area contributed by atoms with Crippen molar-refractivity contribution >= 4 is 11.7 Å². The molecule has 0 aromatic heterocycles. The van der Waals surface area contributed by atoms with Crippen molar-refractivity contribution in [2.45, 2.75) is 115 Å². The molecule has 40 heavy (non-hydrogen) atoms. The number of aliphatic hydroxyl groups is 2. The van der Waals surface area contributed by atoms with E-state index in [1.807, 2.05) is 54.6 Å². The first-order valence-electron chi connectivity index (χ1n) is 15.7. The first-order chi connectivity index (χ1) is 19.4. The second kappa shape index (κ2) is 15.5. The normalized spacial score (nSPS) is 21.4. The van der Waals surface area contributed by atoms with Gasteiger partial charge in [-0.15, -0.1) is 0 Å². The van der Waals surface area contributed by atoms with Crippen LogP contribution >= 0.6 is 0 Å². The molecule has 2 aromatic rings. The number of fused-ring (bicyclic) bond motifs is 1. The fourth-order valence-corrected chi connectivity index (χ4v) is 6.88. The third-order valence-corrected chi connectivity index (χ3v) is 9.18. The van der Waals surface area contributed by atoms with Gasteiger partial charge in [0, 0.05) is 25.2 Å². The van der Waals surface area contributed by atoms with Crippen molar-refractivity contribution in [1.29, 1.82) is 0 Å². The molecule has 2 aliphatic rings. The largest absolute Gasteiger partial charge is 0.393 e. The lowest BCUT2D eigenvalue weighted by Crippen LogP contribution is -2.40. The lowest BCUT2D eigenvalue weighted by atomic mass is 9.77. The second-order valence-corrected chi connectivity index (χ2v) is 12.3. The van der Waals surface area contributed by atoms with Gasteiger partial charge in [0.2, 0.25) is 5.91 Å². The molecule has 3 unspecified atom stereocenters. The van der Waals surface area contributed by atoms with Crippen LogP contribution in [0.3, 0.4) is 0 Å². The number of unbranched alkanes of at least 4 members (excludes halogenated alkanes) is 2. The molecule has 1 amide bonds. The molecule has 0 heterocycles. The Bertz CT molecular complexity index is 1060. The summed E-state index contributed by atoms with van der Waals surface area (Å²) in [5.41, 5.74) is 3.07. The summed E-state index contributed by atoms with van der Waals surface area (Å²) in [6.45, 7) is 2.14. The average molecular weight is 548 g/mol. The first-order valence-corrected chi connectivity index (χ1v) is 15.7. The van der Waals surface area contributed by atoms with Gasteiger partial charge in [-0.1, -0.05) is 106 Å². The predicted octanol–water partition coefficient (Wildman–Crippen LogP) is 6.50. The Kier molecular flexibility index (Phi) is 11.8. The van der Waals surface area contributed by atoms with E-state index in [0.29, 0.717) is 38.0 Å². The number of ketones is 1. The molecule has 5 heteroatoms. The van der Waals surface area contributed by atoms with E-state index >= 15 is 0 Å². The number of carbonyl (C=O) groups is 2. The summed E-state index contributed by atoms with van der Waals surface area (Å²) in [4.78, 5) is 26.8. The molecule has 1 saturated carbocycles. The quantitative estimate of drug-likeness (QED) is 0.222. The van der Waals surface area contributed by atoms with E-state index in [2.05, 4.69) is 12.2 Å². The number of amides is 1. The van der Waals surface area contributed by atoms with Gasteiger partial charge in [-0.25, -0.2) is 0 Å². The molecule has 0 aliphatic heterocycles. The Morgan fingerprint density at radius 1 is 0.975 bits per heavy atom. The lowest BCUT2D eigenvalue weighted by molar-refractivity contribution is -0.128. The molecule has 2 aromatic carbocycles. The molecule has 0 spiro atoms. The molecule has 5 nitrogen and oxygen atoms in total. The van der Waals surface area contributed by atoms with Crippen LogP contribution in [0.1, 0.15) is 107 Å². The average Bonchev–Trinajstić information content (AvgIpc) is 3.28. The number of nitrogens with one attached hydrogen (secondary N) is 1. The predicted molar refractivity (Wildman–Crippen MR) is 160 cm³/mol. The molecule has 218 valence electrons. The van der Waals surface area contributed by atoms with Gasteiger partial charge in [-0.3, -0.25) is 9.59 Å². The van der Waals surface area contributed by atoms with E-state index in [-0.39, 0.29) is 17.6 Å². The Hall–Kier alpha value is -2.50. The number of Topliss-reactive ketones (excluding diaryl/α,β-unsaturated/α-hetero) is 1. The van der Waals surface area contributed by atoms with Gasteiger partial charge in [-0.2, -0.15) is 0 Å². The highest BCUT2D eigenvalue weighted by molar-refractivity contribution is 5.80. The Morgan fingerprint density at radius 2 is 1.70 bits per heavy atom. The number of benzene rings is 2. The number of rotatable bonds is 15. The van der Waals surface area contributed by atoms with E-state index < -0.39 is 24.2 Å². The first kappa shape index (κ1) is 30.5. The summed E-state index contributed by atoms with van der Waals surface area (Å²) in [5, 5.41) is 25.6. The highest BCUT2D eigenvalue weighted by Gasteiger charge is 2.35. The maximum atomic E-state index is 13.8. The van der Waals surface area contributed by atoms with Gasteiger partial charge >= 0.3 is 0 Å². The van der Waals surface area contributed by atoms with Crippen molar-refractivity contribution in [2.75, 3.05) is 0 Å². The molecule has 3 N–H and O–H groups in total.